The Morgan fingerprint density at radius 3 is 2.65 bits per heavy atom. The number of benzene rings is 1. The van der Waals surface area contributed by atoms with Crippen LogP contribution in [0.3, 0.4) is 0 Å². The average molecular weight is 443 g/mol. The van der Waals surface area contributed by atoms with Gasteiger partial charge in [0.25, 0.3) is 0 Å². The Hall–Kier alpha value is -2.45. The van der Waals surface area contributed by atoms with Gasteiger partial charge in [0.1, 0.15) is 6.61 Å². The SMILES string of the molecule is C=Cc1ccc(COC(=O)CO/C=C(\c2cc(C)cs2)C(C)(N)N2CCOCC2)cc1. The molecule has 2 heterocycles. The van der Waals surface area contributed by atoms with Crippen molar-refractivity contribution in [2.75, 3.05) is 32.9 Å². The lowest BCUT2D eigenvalue weighted by Crippen LogP contribution is -2.58. The van der Waals surface area contributed by atoms with Crippen LogP contribution in [-0.2, 0) is 25.6 Å². The highest BCUT2D eigenvalue weighted by Gasteiger charge is 2.34. The third kappa shape index (κ3) is 6.27. The van der Waals surface area contributed by atoms with Gasteiger partial charge in [-0.25, -0.2) is 4.79 Å². The largest absolute Gasteiger partial charge is 0.489 e. The summed E-state index contributed by atoms with van der Waals surface area (Å²) in [5, 5.41) is 2.07. The van der Waals surface area contributed by atoms with Gasteiger partial charge in [-0.05, 0) is 42.0 Å². The molecule has 0 aliphatic carbocycles. The standard InChI is InChI=1S/C24H30N2O4S/c1-4-19-5-7-20(8-6-19)14-30-23(27)16-29-15-21(22-13-18(2)17-31-22)24(3,25)26-9-11-28-12-10-26/h4-8,13,15,17H,1,9-12,14,16,25H2,2-3H3/b21-15+. The molecule has 1 atom stereocenters. The number of nitrogens with zero attached hydrogens (tertiary/aromatic N) is 1. The van der Waals surface area contributed by atoms with Gasteiger partial charge < -0.3 is 19.9 Å². The zero-order valence-corrected chi connectivity index (χ0v) is 19.0. The molecule has 3 rings (SSSR count). The lowest BCUT2D eigenvalue weighted by Gasteiger charge is -2.41. The number of nitrogens with two attached hydrogens (primary N) is 1. The molecule has 2 N–H and O–H groups in total. The molecular formula is C24H30N2O4S. The molecule has 6 nitrogen and oxygen atoms in total. The summed E-state index contributed by atoms with van der Waals surface area (Å²) in [6.07, 6.45) is 3.37. The van der Waals surface area contributed by atoms with Crippen LogP contribution >= 0.6 is 11.3 Å². The monoisotopic (exact) mass is 442 g/mol. The molecular weight excluding hydrogens is 412 g/mol. The molecule has 1 aliphatic heterocycles. The van der Waals surface area contributed by atoms with Crippen molar-refractivity contribution in [1.82, 2.24) is 4.90 Å². The van der Waals surface area contributed by atoms with Gasteiger partial charge in [0, 0.05) is 23.5 Å². The molecule has 0 radical (unpaired) electrons. The first-order valence-electron chi connectivity index (χ1n) is 10.3. The van der Waals surface area contributed by atoms with Gasteiger partial charge >= 0.3 is 5.97 Å². The van der Waals surface area contributed by atoms with Crippen LogP contribution in [0, 0.1) is 6.92 Å². The maximum absolute atomic E-state index is 12.2. The minimum absolute atomic E-state index is 0.183. The van der Waals surface area contributed by atoms with Crippen molar-refractivity contribution in [2.24, 2.45) is 5.73 Å². The van der Waals surface area contributed by atoms with E-state index in [2.05, 4.69) is 22.9 Å². The normalized spacial score (nSPS) is 17.1. The summed E-state index contributed by atoms with van der Waals surface area (Å²) >= 11 is 1.61. The molecule has 0 amide bonds. The third-order valence-corrected chi connectivity index (χ3v) is 6.31. The van der Waals surface area contributed by atoms with Gasteiger partial charge in [0.15, 0.2) is 6.61 Å². The Morgan fingerprint density at radius 1 is 1.32 bits per heavy atom. The molecule has 1 unspecified atom stereocenters. The number of hydrogen-bond acceptors (Lipinski definition) is 7. The van der Waals surface area contributed by atoms with Gasteiger partial charge in [0.05, 0.1) is 25.1 Å². The second-order valence-electron chi connectivity index (χ2n) is 7.68. The average Bonchev–Trinajstić information content (AvgIpc) is 3.21. The van der Waals surface area contributed by atoms with Crippen molar-refractivity contribution in [1.29, 1.82) is 0 Å². The van der Waals surface area contributed by atoms with Crippen LogP contribution in [-0.4, -0.2) is 49.4 Å². The predicted molar refractivity (Wildman–Crippen MR) is 124 cm³/mol. The fourth-order valence-corrected chi connectivity index (χ4v) is 4.36. The zero-order valence-electron chi connectivity index (χ0n) is 18.1. The number of carbonyl (C=O) groups excluding carboxylic acids is 1. The van der Waals surface area contributed by atoms with Gasteiger partial charge in [0.2, 0.25) is 0 Å². The molecule has 1 aromatic carbocycles. The van der Waals surface area contributed by atoms with E-state index < -0.39 is 11.6 Å². The second kappa shape index (κ2) is 10.7. The van der Waals surface area contributed by atoms with Gasteiger partial charge in [-0.1, -0.05) is 36.9 Å². The summed E-state index contributed by atoms with van der Waals surface area (Å²) < 4.78 is 16.4. The topological polar surface area (TPSA) is 74.0 Å². The Morgan fingerprint density at radius 2 is 2.03 bits per heavy atom. The molecule has 0 saturated carbocycles. The Kier molecular flexibility index (Phi) is 8.03. The van der Waals surface area contributed by atoms with E-state index in [0.717, 1.165) is 40.2 Å². The summed E-state index contributed by atoms with van der Waals surface area (Å²) in [7, 11) is 0. The third-order valence-electron chi connectivity index (χ3n) is 5.23. The van der Waals surface area contributed by atoms with Crippen LogP contribution in [0.1, 0.15) is 28.5 Å². The smallest absolute Gasteiger partial charge is 0.344 e. The lowest BCUT2D eigenvalue weighted by atomic mass is 9.99. The number of ether oxygens (including phenoxy) is 3. The van der Waals surface area contributed by atoms with Crippen LogP contribution < -0.4 is 5.73 Å². The number of thiophene rings is 1. The lowest BCUT2D eigenvalue weighted by molar-refractivity contribution is -0.148. The van der Waals surface area contributed by atoms with Gasteiger partial charge in [-0.2, -0.15) is 0 Å². The fraction of sp³-hybridized carbons (Fsp3) is 0.375. The predicted octanol–water partition coefficient (Wildman–Crippen LogP) is 3.81. The Balaban J connectivity index is 1.63. The Bertz CT molecular complexity index is 912. The van der Waals surface area contributed by atoms with E-state index in [9.17, 15) is 4.79 Å². The van der Waals surface area contributed by atoms with Crippen molar-refractivity contribution in [3.63, 3.8) is 0 Å². The van der Waals surface area contributed by atoms with E-state index in [-0.39, 0.29) is 13.2 Å². The summed E-state index contributed by atoms with van der Waals surface area (Å²) in [6, 6.07) is 9.75. The van der Waals surface area contributed by atoms with E-state index >= 15 is 0 Å². The summed E-state index contributed by atoms with van der Waals surface area (Å²) in [4.78, 5) is 15.4. The van der Waals surface area contributed by atoms with Crippen molar-refractivity contribution in [2.45, 2.75) is 26.1 Å². The van der Waals surface area contributed by atoms with E-state index in [0.29, 0.717) is 13.2 Å². The molecule has 0 bridgehead atoms. The van der Waals surface area contributed by atoms with Gasteiger partial charge in [-0.3, -0.25) is 4.90 Å². The molecule has 166 valence electrons. The van der Waals surface area contributed by atoms with Crippen LogP contribution in [0.15, 0.2) is 48.6 Å². The summed E-state index contributed by atoms with van der Waals surface area (Å²) in [5.74, 6) is -0.434. The number of morpholine rings is 1. The van der Waals surface area contributed by atoms with E-state index in [1.165, 1.54) is 0 Å². The molecule has 1 aliphatic rings. The van der Waals surface area contributed by atoms with Crippen LogP contribution in [0.2, 0.25) is 0 Å². The molecule has 0 spiro atoms. The first-order valence-corrected chi connectivity index (χ1v) is 11.1. The van der Waals surface area contributed by atoms with Crippen LogP contribution in [0.25, 0.3) is 11.6 Å². The number of esters is 1. The minimum Gasteiger partial charge on any atom is -0.489 e. The number of carbonyl (C=O) groups is 1. The van der Waals surface area contributed by atoms with Crippen molar-refractivity contribution >= 4 is 29.0 Å². The summed E-state index contributed by atoms with van der Waals surface area (Å²) in [5.41, 5.74) is 9.92. The highest BCUT2D eigenvalue weighted by atomic mass is 32.1. The first kappa shape index (κ1) is 23.2. The summed E-state index contributed by atoms with van der Waals surface area (Å²) in [6.45, 7) is 10.5. The van der Waals surface area contributed by atoms with Crippen molar-refractivity contribution < 1.29 is 19.0 Å². The maximum atomic E-state index is 12.2. The fourth-order valence-electron chi connectivity index (χ4n) is 3.35. The molecule has 7 heteroatoms. The number of hydrogen-bond donors (Lipinski definition) is 1. The first-order chi connectivity index (χ1) is 14.9. The van der Waals surface area contributed by atoms with Gasteiger partial charge in [-0.15, -0.1) is 11.3 Å². The highest BCUT2D eigenvalue weighted by molar-refractivity contribution is 7.11. The van der Waals surface area contributed by atoms with Crippen molar-refractivity contribution in [3.8, 4) is 0 Å². The molecule has 31 heavy (non-hydrogen) atoms. The second-order valence-corrected chi connectivity index (χ2v) is 8.60. The van der Waals surface area contributed by atoms with E-state index in [1.807, 2.05) is 38.1 Å². The van der Waals surface area contributed by atoms with Crippen LogP contribution in [0.5, 0.6) is 0 Å². The van der Waals surface area contributed by atoms with E-state index in [4.69, 9.17) is 19.9 Å². The van der Waals surface area contributed by atoms with E-state index in [1.54, 1.807) is 23.7 Å². The number of rotatable bonds is 9. The molecule has 1 fully saturated rings. The maximum Gasteiger partial charge on any atom is 0.344 e. The quantitative estimate of drug-likeness (QED) is 0.470. The molecule has 1 aromatic heterocycles. The van der Waals surface area contributed by atoms with Crippen molar-refractivity contribution in [3.05, 3.63) is 70.1 Å². The van der Waals surface area contributed by atoms with Crippen LogP contribution in [0.4, 0.5) is 0 Å². The number of aryl methyl sites for hydroxylation is 1. The zero-order chi connectivity index (χ0) is 22.3. The highest BCUT2D eigenvalue weighted by Crippen LogP contribution is 2.33. The molecule has 2 aromatic rings. The Labute approximate surface area is 187 Å². The molecule has 1 saturated heterocycles. The minimum atomic E-state index is -0.752.